The van der Waals surface area contributed by atoms with Crippen LogP contribution in [0.2, 0.25) is 0 Å². The molecule has 3 aliphatic rings. The van der Waals surface area contributed by atoms with Crippen molar-refractivity contribution in [1.29, 1.82) is 0 Å². The molecule has 0 saturated carbocycles. The van der Waals surface area contributed by atoms with Crippen LogP contribution < -0.4 is 10.1 Å². The Balaban J connectivity index is 1.38. The molecule has 3 saturated heterocycles. The predicted molar refractivity (Wildman–Crippen MR) is 109 cm³/mol. The highest BCUT2D eigenvalue weighted by atomic mass is 16.5. The van der Waals surface area contributed by atoms with Crippen molar-refractivity contribution in [2.24, 2.45) is 5.92 Å². The maximum absolute atomic E-state index is 12.8. The van der Waals surface area contributed by atoms with Crippen LogP contribution in [-0.2, 0) is 0 Å². The molecule has 1 aromatic heterocycles. The number of amides is 1. The zero-order valence-electron chi connectivity index (χ0n) is 16.0. The smallest absolute Gasteiger partial charge is 0.287 e. The van der Waals surface area contributed by atoms with Crippen molar-refractivity contribution in [3.05, 3.63) is 54.3 Å². The van der Waals surface area contributed by atoms with Crippen LogP contribution in [0.1, 0.15) is 23.4 Å². The minimum Gasteiger partial charge on any atom is -0.497 e. The summed E-state index contributed by atoms with van der Waals surface area (Å²) in [7, 11) is 1.66. The molecule has 3 aromatic rings. The van der Waals surface area contributed by atoms with Crippen LogP contribution in [0.25, 0.3) is 22.1 Å². The van der Waals surface area contributed by atoms with Crippen LogP contribution in [0.4, 0.5) is 0 Å². The molecule has 1 amide bonds. The lowest BCUT2D eigenvalue weighted by Gasteiger charge is -2.44. The minimum absolute atomic E-state index is 0.113. The van der Waals surface area contributed by atoms with Crippen molar-refractivity contribution in [2.75, 3.05) is 26.7 Å². The second-order valence-corrected chi connectivity index (χ2v) is 7.81. The number of piperidine rings is 3. The predicted octanol–water partition coefficient (Wildman–Crippen LogP) is 3.93. The molecule has 3 fully saturated rings. The molecular weight excluding hydrogens is 352 g/mol. The number of fused-ring (bicyclic) bond motifs is 4. The highest BCUT2D eigenvalue weighted by Gasteiger charge is 2.35. The number of benzene rings is 2. The Labute approximate surface area is 164 Å². The summed E-state index contributed by atoms with van der Waals surface area (Å²) in [6, 6.07) is 16.0. The lowest BCUT2D eigenvalue weighted by atomic mass is 9.84. The van der Waals surface area contributed by atoms with Crippen molar-refractivity contribution in [2.45, 2.75) is 18.9 Å². The van der Waals surface area contributed by atoms with Crippen LogP contribution in [0, 0.1) is 5.92 Å². The zero-order chi connectivity index (χ0) is 19.1. The van der Waals surface area contributed by atoms with Gasteiger partial charge in [0.1, 0.15) is 11.3 Å². The fourth-order valence-corrected chi connectivity index (χ4v) is 4.49. The molecule has 0 aliphatic carbocycles. The third kappa shape index (κ3) is 3.16. The zero-order valence-corrected chi connectivity index (χ0v) is 16.0. The average molecular weight is 376 g/mol. The van der Waals surface area contributed by atoms with Gasteiger partial charge < -0.3 is 19.4 Å². The molecule has 6 rings (SSSR count). The average Bonchev–Trinajstić information content (AvgIpc) is 3.18. The van der Waals surface area contributed by atoms with Crippen molar-refractivity contribution in [3.63, 3.8) is 0 Å². The first-order chi connectivity index (χ1) is 13.7. The van der Waals surface area contributed by atoms with E-state index in [2.05, 4.69) is 10.2 Å². The van der Waals surface area contributed by atoms with Crippen molar-refractivity contribution in [1.82, 2.24) is 10.2 Å². The van der Waals surface area contributed by atoms with Gasteiger partial charge in [-0.05, 0) is 67.2 Å². The summed E-state index contributed by atoms with van der Waals surface area (Å²) in [5.74, 6) is 1.68. The first-order valence-electron chi connectivity index (χ1n) is 9.91. The van der Waals surface area contributed by atoms with E-state index in [-0.39, 0.29) is 11.9 Å². The lowest BCUT2D eigenvalue weighted by molar-refractivity contribution is 0.0607. The van der Waals surface area contributed by atoms with Gasteiger partial charge in [0.05, 0.1) is 7.11 Å². The van der Waals surface area contributed by atoms with Gasteiger partial charge in [-0.15, -0.1) is 0 Å². The normalized spacial score (nSPS) is 23.7. The molecule has 0 spiro atoms. The largest absolute Gasteiger partial charge is 0.497 e. The molecule has 0 unspecified atom stereocenters. The monoisotopic (exact) mass is 376 g/mol. The molecule has 0 radical (unpaired) electrons. The number of hydrogen-bond donors (Lipinski definition) is 1. The van der Waals surface area contributed by atoms with E-state index in [9.17, 15) is 4.79 Å². The van der Waals surface area contributed by atoms with Crippen LogP contribution in [-0.4, -0.2) is 43.6 Å². The van der Waals surface area contributed by atoms with E-state index in [0.29, 0.717) is 11.7 Å². The Morgan fingerprint density at radius 2 is 1.93 bits per heavy atom. The van der Waals surface area contributed by atoms with Crippen molar-refractivity contribution >= 4 is 16.9 Å². The van der Waals surface area contributed by atoms with Gasteiger partial charge in [0.15, 0.2) is 5.76 Å². The molecule has 1 atom stereocenters. The van der Waals surface area contributed by atoms with Gasteiger partial charge in [-0.2, -0.15) is 0 Å². The van der Waals surface area contributed by atoms with Crippen LogP contribution in [0.5, 0.6) is 5.75 Å². The molecule has 144 valence electrons. The van der Waals surface area contributed by atoms with Gasteiger partial charge in [-0.1, -0.05) is 24.3 Å². The van der Waals surface area contributed by atoms with E-state index in [1.165, 1.54) is 12.8 Å². The molecule has 2 aromatic carbocycles. The van der Waals surface area contributed by atoms with Gasteiger partial charge in [-0.3, -0.25) is 4.79 Å². The highest BCUT2D eigenvalue weighted by molar-refractivity contribution is 5.97. The minimum atomic E-state index is -0.113. The standard InChI is InChI=1S/C23H24N2O3/c1-27-19-4-2-3-16(11-19)17-5-6-18-13-22(28-21(18)12-17)23(26)24-20-14-25-9-7-15(20)8-10-25/h2-6,11-13,15,20H,7-10,14H2,1H3,(H,24,26)/t20-/m0/s1. The Morgan fingerprint density at radius 1 is 1.11 bits per heavy atom. The number of hydrogen-bond acceptors (Lipinski definition) is 4. The van der Waals surface area contributed by atoms with Gasteiger partial charge in [0.25, 0.3) is 5.91 Å². The Bertz CT molecular complexity index is 1020. The lowest BCUT2D eigenvalue weighted by Crippen LogP contribution is -2.57. The van der Waals surface area contributed by atoms with Crippen LogP contribution >= 0.6 is 0 Å². The molecule has 28 heavy (non-hydrogen) atoms. The summed E-state index contributed by atoms with van der Waals surface area (Å²) < 4.78 is 11.2. The van der Waals surface area contributed by atoms with Crippen LogP contribution in [0.3, 0.4) is 0 Å². The molecule has 5 heteroatoms. The number of methoxy groups -OCH3 is 1. The van der Waals surface area contributed by atoms with E-state index in [1.54, 1.807) is 7.11 Å². The number of furan rings is 1. The van der Waals surface area contributed by atoms with E-state index in [4.69, 9.17) is 9.15 Å². The quantitative estimate of drug-likeness (QED) is 0.750. The van der Waals surface area contributed by atoms with Gasteiger partial charge in [0, 0.05) is 18.0 Å². The maximum Gasteiger partial charge on any atom is 0.287 e. The van der Waals surface area contributed by atoms with E-state index >= 15 is 0 Å². The number of nitrogens with one attached hydrogen (secondary N) is 1. The second-order valence-electron chi connectivity index (χ2n) is 7.81. The number of nitrogens with zero attached hydrogens (tertiary/aromatic N) is 1. The number of carbonyl (C=O) groups is 1. The van der Waals surface area contributed by atoms with E-state index in [0.717, 1.165) is 47.5 Å². The summed E-state index contributed by atoms with van der Waals surface area (Å²) in [6.07, 6.45) is 2.35. The van der Waals surface area contributed by atoms with E-state index < -0.39 is 0 Å². The summed E-state index contributed by atoms with van der Waals surface area (Å²) >= 11 is 0. The Kier molecular flexibility index (Phi) is 4.32. The molecule has 4 heterocycles. The third-order valence-corrected chi connectivity index (χ3v) is 6.12. The Hall–Kier alpha value is -2.79. The Morgan fingerprint density at radius 3 is 2.68 bits per heavy atom. The molecule has 3 aliphatic heterocycles. The first kappa shape index (κ1) is 17.3. The topological polar surface area (TPSA) is 54.7 Å². The van der Waals surface area contributed by atoms with Crippen molar-refractivity contribution < 1.29 is 13.9 Å². The fourth-order valence-electron chi connectivity index (χ4n) is 4.49. The summed E-state index contributed by atoms with van der Waals surface area (Å²) in [5, 5.41) is 4.13. The maximum atomic E-state index is 12.8. The summed E-state index contributed by atoms with van der Waals surface area (Å²) in [4.78, 5) is 15.2. The van der Waals surface area contributed by atoms with E-state index in [1.807, 2.05) is 48.5 Å². The van der Waals surface area contributed by atoms with Gasteiger partial charge in [-0.25, -0.2) is 0 Å². The van der Waals surface area contributed by atoms with Gasteiger partial charge in [0.2, 0.25) is 0 Å². The molecule has 5 nitrogen and oxygen atoms in total. The number of carbonyl (C=O) groups excluding carboxylic acids is 1. The number of rotatable bonds is 4. The summed E-state index contributed by atoms with van der Waals surface area (Å²) in [6.45, 7) is 3.28. The molecule has 2 bridgehead atoms. The summed E-state index contributed by atoms with van der Waals surface area (Å²) in [5.41, 5.74) is 2.81. The second kappa shape index (κ2) is 6.99. The highest BCUT2D eigenvalue weighted by Crippen LogP contribution is 2.30. The van der Waals surface area contributed by atoms with Crippen LogP contribution in [0.15, 0.2) is 52.9 Å². The fraction of sp³-hybridized carbons (Fsp3) is 0.348. The SMILES string of the molecule is COc1cccc(-c2ccc3cc(C(=O)N[C@H]4CN5CCC4CC5)oc3c2)c1. The van der Waals surface area contributed by atoms with Gasteiger partial charge >= 0.3 is 0 Å². The van der Waals surface area contributed by atoms with Crippen molar-refractivity contribution in [3.8, 4) is 16.9 Å². The molecular formula is C23H24N2O3. The third-order valence-electron chi connectivity index (χ3n) is 6.12. The molecule has 1 N–H and O–H groups in total. The first-order valence-corrected chi connectivity index (χ1v) is 9.91. The number of ether oxygens (including phenoxy) is 1.